The predicted molar refractivity (Wildman–Crippen MR) is 60.7 cm³/mol. The topological polar surface area (TPSA) is 71.5 Å². The highest BCUT2D eigenvalue weighted by Gasteiger charge is 2.10. The van der Waals surface area contributed by atoms with E-state index in [0.29, 0.717) is 24.8 Å². The van der Waals surface area contributed by atoms with Gasteiger partial charge in [-0.15, -0.1) is 0 Å². The molecular weight excluding hydrogens is 208 g/mol. The van der Waals surface area contributed by atoms with Gasteiger partial charge in [0.25, 0.3) is 0 Å². The van der Waals surface area contributed by atoms with Gasteiger partial charge in [-0.2, -0.15) is 0 Å². The van der Waals surface area contributed by atoms with Crippen LogP contribution in [-0.2, 0) is 4.74 Å². The smallest absolute Gasteiger partial charge is 0.337 e. The maximum absolute atomic E-state index is 10.9. The average molecular weight is 224 g/mol. The van der Waals surface area contributed by atoms with Crippen LogP contribution in [0.2, 0.25) is 0 Å². The molecule has 5 nitrogen and oxygen atoms in total. The Balaban J connectivity index is 2.63. The molecule has 0 amide bonds. The summed E-state index contributed by atoms with van der Waals surface area (Å²) in [6.45, 7) is 3.31. The molecule has 0 aromatic carbocycles. The number of nitrogens with one attached hydrogen (secondary N) is 1. The second-order valence-electron chi connectivity index (χ2n) is 3.67. The van der Waals surface area contributed by atoms with Crippen molar-refractivity contribution >= 4 is 11.7 Å². The van der Waals surface area contributed by atoms with E-state index in [-0.39, 0.29) is 5.56 Å². The standard InChI is InChI=1S/C11H16N2O3/c1-8(7-16-2)5-13-10-6-12-4-3-9(10)11(14)15/h3-4,6,8,13H,5,7H2,1-2H3,(H,14,15). The molecule has 1 heterocycles. The minimum absolute atomic E-state index is 0.236. The Kier molecular flexibility index (Phi) is 4.72. The molecule has 16 heavy (non-hydrogen) atoms. The Morgan fingerprint density at radius 1 is 1.69 bits per heavy atom. The largest absolute Gasteiger partial charge is 0.478 e. The molecule has 88 valence electrons. The fraction of sp³-hybridized carbons (Fsp3) is 0.455. The SMILES string of the molecule is COCC(C)CNc1cnccc1C(=O)O. The van der Waals surface area contributed by atoms with Crippen molar-refractivity contribution in [3.63, 3.8) is 0 Å². The van der Waals surface area contributed by atoms with Crippen molar-refractivity contribution in [2.75, 3.05) is 25.6 Å². The number of carboxylic acids is 1. The molecule has 0 aliphatic rings. The Morgan fingerprint density at radius 3 is 3.06 bits per heavy atom. The molecule has 0 saturated carbocycles. The molecule has 1 aromatic rings. The van der Waals surface area contributed by atoms with Gasteiger partial charge < -0.3 is 15.2 Å². The lowest BCUT2D eigenvalue weighted by molar-refractivity contribution is 0.0698. The van der Waals surface area contributed by atoms with Gasteiger partial charge in [0, 0.05) is 19.9 Å². The lowest BCUT2D eigenvalue weighted by Crippen LogP contribution is -2.17. The van der Waals surface area contributed by atoms with E-state index in [9.17, 15) is 4.79 Å². The molecule has 5 heteroatoms. The molecule has 1 unspecified atom stereocenters. The number of ether oxygens (including phenoxy) is 1. The van der Waals surface area contributed by atoms with Gasteiger partial charge in [0.15, 0.2) is 0 Å². The predicted octanol–water partition coefficient (Wildman–Crippen LogP) is 1.47. The van der Waals surface area contributed by atoms with Crippen molar-refractivity contribution in [1.82, 2.24) is 4.98 Å². The van der Waals surface area contributed by atoms with Crippen LogP contribution in [0.3, 0.4) is 0 Å². The average Bonchev–Trinajstić information content (AvgIpc) is 2.27. The zero-order valence-electron chi connectivity index (χ0n) is 9.43. The van der Waals surface area contributed by atoms with Gasteiger partial charge in [-0.1, -0.05) is 6.92 Å². The van der Waals surface area contributed by atoms with Gasteiger partial charge in [0.05, 0.1) is 24.1 Å². The van der Waals surface area contributed by atoms with Gasteiger partial charge in [0.2, 0.25) is 0 Å². The number of carboxylic acid groups (broad SMARTS) is 1. The first-order chi connectivity index (χ1) is 7.65. The Labute approximate surface area is 94.5 Å². The summed E-state index contributed by atoms with van der Waals surface area (Å²) < 4.78 is 5.00. The third-order valence-electron chi connectivity index (χ3n) is 2.14. The van der Waals surface area contributed by atoms with Gasteiger partial charge in [-0.05, 0) is 12.0 Å². The number of methoxy groups -OCH3 is 1. The molecule has 0 radical (unpaired) electrons. The first-order valence-electron chi connectivity index (χ1n) is 5.05. The van der Waals surface area contributed by atoms with Gasteiger partial charge in [-0.25, -0.2) is 4.79 Å². The maximum Gasteiger partial charge on any atom is 0.337 e. The molecule has 0 saturated heterocycles. The van der Waals surface area contributed by atoms with E-state index in [1.165, 1.54) is 18.5 Å². The number of nitrogens with zero attached hydrogens (tertiary/aromatic N) is 1. The highest BCUT2D eigenvalue weighted by molar-refractivity contribution is 5.93. The molecule has 1 aromatic heterocycles. The molecule has 1 atom stereocenters. The van der Waals surface area contributed by atoms with Crippen LogP contribution in [0.25, 0.3) is 0 Å². The molecule has 0 aliphatic carbocycles. The summed E-state index contributed by atoms with van der Waals surface area (Å²) >= 11 is 0. The summed E-state index contributed by atoms with van der Waals surface area (Å²) in [5, 5.41) is 12.0. The lowest BCUT2D eigenvalue weighted by Gasteiger charge is -2.13. The number of hydrogen-bond donors (Lipinski definition) is 2. The second kappa shape index (κ2) is 6.07. The lowest BCUT2D eigenvalue weighted by atomic mass is 10.2. The number of pyridine rings is 1. The van der Waals surface area contributed by atoms with E-state index in [1.54, 1.807) is 7.11 Å². The number of anilines is 1. The van der Waals surface area contributed by atoms with Crippen molar-refractivity contribution in [1.29, 1.82) is 0 Å². The minimum Gasteiger partial charge on any atom is -0.478 e. The van der Waals surface area contributed by atoms with Crippen molar-refractivity contribution in [3.05, 3.63) is 24.0 Å². The van der Waals surface area contributed by atoms with E-state index in [2.05, 4.69) is 10.3 Å². The van der Waals surface area contributed by atoms with Gasteiger partial charge in [0.1, 0.15) is 0 Å². The summed E-state index contributed by atoms with van der Waals surface area (Å²) in [7, 11) is 1.64. The monoisotopic (exact) mass is 224 g/mol. The summed E-state index contributed by atoms with van der Waals surface area (Å²) in [6.07, 6.45) is 2.98. The molecule has 0 aliphatic heterocycles. The van der Waals surface area contributed by atoms with Crippen LogP contribution in [0.4, 0.5) is 5.69 Å². The van der Waals surface area contributed by atoms with E-state index in [0.717, 1.165) is 0 Å². The fourth-order valence-electron chi connectivity index (χ4n) is 1.35. The van der Waals surface area contributed by atoms with Crippen LogP contribution in [0.15, 0.2) is 18.5 Å². The zero-order valence-corrected chi connectivity index (χ0v) is 9.43. The summed E-state index contributed by atoms with van der Waals surface area (Å²) in [5.41, 5.74) is 0.776. The Hall–Kier alpha value is -1.62. The van der Waals surface area contributed by atoms with E-state index in [4.69, 9.17) is 9.84 Å². The normalized spacial score (nSPS) is 12.1. The minimum atomic E-state index is -0.954. The number of aromatic nitrogens is 1. The number of hydrogen-bond acceptors (Lipinski definition) is 4. The molecule has 0 bridgehead atoms. The third-order valence-corrected chi connectivity index (χ3v) is 2.14. The van der Waals surface area contributed by atoms with Gasteiger partial charge >= 0.3 is 5.97 Å². The molecule has 0 fully saturated rings. The van der Waals surface area contributed by atoms with Crippen LogP contribution >= 0.6 is 0 Å². The quantitative estimate of drug-likeness (QED) is 0.765. The van der Waals surface area contributed by atoms with Crippen molar-refractivity contribution in [2.24, 2.45) is 5.92 Å². The number of carbonyl (C=O) groups is 1. The maximum atomic E-state index is 10.9. The van der Waals surface area contributed by atoms with E-state index in [1.807, 2.05) is 6.92 Å². The summed E-state index contributed by atoms with van der Waals surface area (Å²) in [5.74, 6) is -0.642. The first kappa shape index (κ1) is 12.4. The van der Waals surface area contributed by atoms with Crippen LogP contribution in [0.5, 0.6) is 0 Å². The highest BCUT2D eigenvalue weighted by atomic mass is 16.5. The van der Waals surface area contributed by atoms with Crippen LogP contribution < -0.4 is 5.32 Å². The van der Waals surface area contributed by atoms with Crippen LogP contribution in [-0.4, -0.2) is 36.3 Å². The van der Waals surface area contributed by atoms with E-state index < -0.39 is 5.97 Å². The molecule has 1 rings (SSSR count). The van der Waals surface area contributed by atoms with Crippen LogP contribution in [0, 0.1) is 5.92 Å². The van der Waals surface area contributed by atoms with Crippen molar-refractivity contribution < 1.29 is 14.6 Å². The fourth-order valence-corrected chi connectivity index (χ4v) is 1.35. The second-order valence-corrected chi connectivity index (χ2v) is 3.67. The van der Waals surface area contributed by atoms with Crippen molar-refractivity contribution in [2.45, 2.75) is 6.92 Å². The molecule has 2 N–H and O–H groups in total. The first-order valence-corrected chi connectivity index (χ1v) is 5.05. The summed E-state index contributed by atoms with van der Waals surface area (Å²) in [4.78, 5) is 14.8. The summed E-state index contributed by atoms with van der Waals surface area (Å²) in [6, 6.07) is 1.48. The number of aromatic carboxylic acids is 1. The Morgan fingerprint density at radius 2 is 2.44 bits per heavy atom. The Bertz CT molecular complexity index is 355. The zero-order chi connectivity index (χ0) is 12.0. The van der Waals surface area contributed by atoms with Crippen molar-refractivity contribution in [3.8, 4) is 0 Å². The number of rotatable bonds is 6. The molecule has 0 spiro atoms. The van der Waals surface area contributed by atoms with Gasteiger partial charge in [-0.3, -0.25) is 4.98 Å². The molecular formula is C11H16N2O3. The van der Waals surface area contributed by atoms with E-state index >= 15 is 0 Å². The highest BCUT2D eigenvalue weighted by Crippen LogP contribution is 2.13. The van der Waals surface area contributed by atoms with Crippen LogP contribution in [0.1, 0.15) is 17.3 Å². The third kappa shape index (κ3) is 3.51.